The van der Waals surface area contributed by atoms with Crippen LogP contribution in [-0.4, -0.2) is 23.8 Å². The lowest BCUT2D eigenvalue weighted by Gasteiger charge is -2.09. The van der Waals surface area contributed by atoms with Gasteiger partial charge in [0.05, 0.1) is 6.61 Å². The molecule has 0 amide bonds. The van der Waals surface area contributed by atoms with Crippen LogP contribution in [-0.2, 0) is 14.3 Å². The molecule has 2 atom stereocenters. The maximum absolute atomic E-state index is 12.6. The van der Waals surface area contributed by atoms with Gasteiger partial charge >= 0.3 is 5.97 Å². The molecule has 4 nitrogen and oxygen atoms in total. The van der Waals surface area contributed by atoms with E-state index in [1.54, 1.807) is 0 Å². The number of hydrogen-bond donors (Lipinski definition) is 1. The molecule has 1 aliphatic rings. The lowest BCUT2D eigenvalue weighted by atomic mass is 10.2. The number of hydrogen-bond acceptors (Lipinski definition) is 3. The molecule has 2 unspecified atom stereocenters. The van der Waals surface area contributed by atoms with E-state index in [1.807, 2.05) is 0 Å². The van der Waals surface area contributed by atoms with Crippen molar-refractivity contribution in [3.63, 3.8) is 0 Å². The van der Waals surface area contributed by atoms with Crippen molar-refractivity contribution in [1.82, 2.24) is 0 Å². The number of benzene rings is 1. The van der Waals surface area contributed by atoms with Crippen LogP contribution in [0.3, 0.4) is 0 Å². The number of aliphatic carboxylic acids is 1. The summed E-state index contributed by atoms with van der Waals surface area (Å²) in [5.41, 5.74) is 0.611. The molecule has 0 bridgehead atoms. The molecule has 1 heterocycles. The van der Waals surface area contributed by atoms with Crippen molar-refractivity contribution in [2.24, 2.45) is 0 Å². The molecular weight excluding hydrogens is 203 g/mol. The third-order valence-electron chi connectivity index (χ3n) is 2.10. The van der Waals surface area contributed by atoms with Gasteiger partial charge in [0.2, 0.25) is 0 Å². The summed E-state index contributed by atoms with van der Waals surface area (Å²) in [7, 11) is 0. The molecule has 1 saturated heterocycles. The molecule has 1 aromatic carbocycles. The van der Waals surface area contributed by atoms with Crippen molar-refractivity contribution in [2.45, 2.75) is 12.4 Å². The Morgan fingerprint density at radius 1 is 1.40 bits per heavy atom. The summed E-state index contributed by atoms with van der Waals surface area (Å²) in [5, 5.41) is 8.66. The smallest absolute Gasteiger partial charge is 0.335 e. The third kappa shape index (κ3) is 2.14. The van der Waals surface area contributed by atoms with Crippen molar-refractivity contribution in [2.75, 3.05) is 6.61 Å². The van der Waals surface area contributed by atoms with Crippen LogP contribution in [0.15, 0.2) is 24.3 Å². The van der Waals surface area contributed by atoms with Crippen LogP contribution in [0.2, 0.25) is 0 Å². The summed E-state index contributed by atoms with van der Waals surface area (Å²) in [5.74, 6) is -1.41. The zero-order chi connectivity index (χ0) is 10.8. The Bertz CT molecular complexity index is 362. The Morgan fingerprint density at radius 2 is 2.07 bits per heavy atom. The molecule has 1 fully saturated rings. The molecule has 1 aliphatic heterocycles. The summed E-state index contributed by atoms with van der Waals surface area (Å²) < 4.78 is 22.8. The summed E-state index contributed by atoms with van der Waals surface area (Å²) in [6, 6.07) is 5.56. The van der Waals surface area contributed by atoms with Crippen LogP contribution >= 0.6 is 0 Å². The minimum atomic E-state index is -1.06. The average Bonchev–Trinajstić information content (AvgIpc) is 2.68. The predicted octanol–water partition coefficient (Wildman–Crippen LogP) is 1.32. The van der Waals surface area contributed by atoms with Gasteiger partial charge in [-0.3, -0.25) is 0 Å². The van der Waals surface area contributed by atoms with E-state index in [-0.39, 0.29) is 12.4 Å². The third-order valence-corrected chi connectivity index (χ3v) is 2.10. The monoisotopic (exact) mass is 212 g/mol. The van der Waals surface area contributed by atoms with E-state index >= 15 is 0 Å². The maximum Gasteiger partial charge on any atom is 0.335 e. The first-order valence-electron chi connectivity index (χ1n) is 4.42. The summed E-state index contributed by atoms with van der Waals surface area (Å²) in [6.07, 6.45) is -1.66. The van der Waals surface area contributed by atoms with E-state index in [9.17, 15) is 9.18 Å². The van der Waals surface area contributed by atoms with Crippen LogP contribution in [0.4, 0.5) is 4.39 Å². The summed E-state index contributed by atoms with van der Waals surface area (Å²) in [4.78, 5) is 10.6. The standard InChI is InChI=1S/C10H9FO4/c11-7-3-1-6(2-4-7)10-14-5-8(15-10)9(12)13/h1-4,8,10H,5H2,(H,12,13). The van der Waals surface area contributed by atoms with E-state index in [1.165, 1.54) is 24.3 Å². The average molecular weight is 212 g/mol. The van der Waals surface area contributed by atoms with Crippen LogP contribution in [0.1, 0.15) is 11.9 Å². The number of carbonyl (C=O) groups is 1. The molecule has 1 N–H and O–H groups in total. The van der Waals surface area contributed by atoms with Gasteiger partial charge in [-0.05, 0) is 12.1 Å². The van der Waals surface area contributed by atoms with Gasteiger partial charge in [0, 0.05) is 5.56 Å². The van der Waals surface area contributed by atoms with Gasteiger partial charge in [-0.15, -0.1) is 0 Å². The van der Waals surface area contributed by atoms with Gasteiger partial charge in [0.1, 0.15) is 5.82 Å². The molecule has 2 rings (SSSR count). The SMILES string of the molecule is O=C(O)C1COC(c2ccc(F)cc2)O1. The highest BCUT2D eigenvalue weighted by Crippen LogP contribution is 2.26. The number of rotatable bonds is 2. The quantitative estimate of drug-likeness (QED) is 0.803. The largest absolute Gasteiger partial charge is 0.479 e. The van der Waals surface area contributed by atoms with Crippen molar-refractivity contribution >= 4 is 5.97 Å². The lowest BCUT2D eigenvalue weighted by Crippen LogP contribution is -2.21. The lowest BCUT2D eigenvalue weighted by molar-refractivity contribution is -0.150. The molecule has 1 aromatic rings. The van der Waals surface area contributed by atoms with Gasteiger partial charge in [-0.1, -0.05) is 12.1 Å². The van der Waals surface area contributed by atoms with Crippen LogP contribution < -0.4 is 0 Å². The molecule has 0 aromatic heterocycles. The van der Waals surface area contributed by atoms with Gasteiger partial charge in [0.25, 0.3) is 0 Å². The topological polar surface area (TPSA) is 55.8 Å². The van der Waals surface area contributed by atoms with E-state index in [2.05, 4.69) is 0 Å². The highest BCUT2D eigenvalue weighted by molar-refractivity contribution is 5.72. The Kier molecular flexibility index (Phi) is 2.66. The van der Waals surface area contributed by atoms with E-state index < -0.39 is 18.4 Å². The highest BCUT2D eigenvalue weighted by Gasteiger charge is 2.32. The molecule has 0 aliphatic carbocycles. The van der Waals surface area contributed by atoms with Crippen LogP contribution in [0.25, 0.3) is 0 Å². The van der Waals surface area contributed by atoms with Crippen molar-refractivity contribution in [3.8, 4) is 0 Å². The van der Waals surface area contributed by atoms with Crippen LogP contribution in [0.5, 0.6) is 0 Å². The molecule has 80 valence electrons. The van der Waals surface area contributed by atoms with Gasteiger partial charge in [-0.25, -0.2) is 9.18 Å². The zero-order valence-corrected chi connectivity index (χ0v) is 7.72. The zero-order valence-electron chi connectivity index (χ0n) is 7.72. The Balaban J connectivity index is 2.07. The second-order valence-electron chi connectivity index (χ2n) is 3.18. The molecule has 0 radical (unpaired) electrons. The second-order valence-corrected chi connectivity index (χ2v) is 3.18. The number of halogens is 1. The number of ether oxygens (including phenoxy) is 2. The fourth-order valence-corrected chi connectivity index (χ4v) is 1.33. The van der Waals surface area contributed by atoms with Crippen LogP contribution in [0, 0.1) is 5.82 Å². The van der Waals surface area contributed by atoms with Gasteiger partial charge in [-0.2, -0.15) is 0 Å². The Hall–Kier alpha value is -1.46. The van der Waals surface area contributed by atoms with E-state index in [0.717, 1.165) is 0 Å². The summed E-state index contributed by atoms with van der Waals surface area (Å²) in [6.45, 7) is 0.0113. The maximum atomic E-state index is 12.6. The minimum absolute atomic E-state index is 0.0113. The fourth-order valence-electron chi connectivity index (χ4n) is 1.33. The molecule has 15 heavy (non-hydrogen) atoms. The van der Waals surface area contributed by atoms with Gasteiger partial charge < -0.3 is 14.6 Å². The van der Waals surface area contributed by atoms with Crippen molar-refractivity contribution < 1.29 is 23.8 Å². The normalized spacial score (nSPS) is 25.4. The predicted molar refractivity (Wildman–Crippen MR) is 47.6 cm³/mol. The molecule has 5 heteroatoms. The molecule has 0 spiro atoms. The first-order valence-corrected chi connectivity index (χ1v) is 4.42. The Morgan fingerprint density at radius 3 is 2.60 bits per heavy atom. The van der Waals surface area contributed by atoms with Crippen molar-refractivity contribution in [1.29, 1.82) is 0 Å². The first kappa shape index (κ1) is 10.1. The minimum Gasteiger partial charge on any atom is -0.479 e. The molecule has 0 saturated carbocycles. The Labute approximate surface area is 85.2 Å². The highest BCUT2D eigenvalue weighted by atomic mass is 19.1. The van der Waals surface area contributed by atoms with Crippen molar-refractivity contribution in [3.05, 3.63) is 35.6 Å². The van der Waals surface area contributed by atoms with E-state index in [0.29, 0.717) is 5.56 Å². The number of carboxylic acid groups (broad SMARTS) is 1. The van der Waals surface area contributed by atoms with Gasteiger partial charge in [0.15, 0.2) is 12.4 Å². The second kappa shape index (κ2) is 3.96. The van der Waals surface area contributed by atoms with E-state index in [4.69, 9.17) is 14.6 Å². The fraction of sp³-hybridized carbons (Fsp3) is 0.300. The first-order chi connectivity index (χ1) is 7.16. The molecular formula is C10H9FO4. The summed E-state index contributed by atoms with van der Waals surface area (Å²) >= 11 is 0. The number of carboxylic acids is 1.